The molecule has 0 saturated carbocycles. The zero-order valence-electron chi connectivity index (χ0n) is 13.3. The summed E-state index contributed by atoms with van der Waals surface area (Å²) in [5, 5.41) is 4.21. The van der Waals surface area contributed by atoms with Gasteiger partial charge in [-0.3, -0.25) is 9.59 Å². The van der Waals surface area contributed by atoms with Crippen LogP contribution < -0.4 is 5.32 Å². The molecule has 0 radical (unpaired) electrons. The average Bonchev–Trinajstić information content (AvgIpc) is 3.33. The van der Waals surface area contributed by atoms with E-state index in [2.05, 4.69) is 5.32 Å². The molecule has 25 heavy (non-hydrogen) atoms. The summed E-state index contributed by atoms with van der Waals surface area (Å²) in [7, 11) is -3.49. The van der Waals surface area contributed by atoms with E-state index < -0.39 is 15.9 Å². The summed E-state index contributed by atoms with van der Waals surface area (Å²) in [5.74, 6) is -0.579. The van der Waals surface area contributed by atoms with Crippen molar-refractivity contribution in [1.29, 1.82) is 0 Å². The van der Waals surface area contributed by atoms with Crippen LogP contribution in [0.3, 0.4) is 0 Å². The number of hydrogen-bond acceptors (Lipinski definition) is 6. The molecule has 1 aliphatic heterocycles. The molecule has 2 amide bonds. The molecule has 134 valence electrons. The molecule has 0 spiro atoms. The molecule has 1 N–H and O–H groups in total. The van der Waals surface area contributed by atoms with E-state index in [4.69, 9.17) is 4.42 Å². The maximum absolute atomic E-state index is 12.4. The Balaban J connectivity index is 1.50. The van der Waals surface area contributed by atoms with Gasteiger partial charge in [-0.05, 0) is 23.6 Å². The number of nitrogens with zero attached hydrogens (tertiary/aromatic N) is 2. The van der Waals surface area contributed by atoms with Crippen molar-refractivity contribution in [3.05, 3.63) is 41.7 Å². The molecule has 0 bridgehead atoms. The summed E-state index contributed by atoms with van der Waals surface area (Å²) in [4.78, 5) is 25.5. The third-order valence-electron chi connectivity index (χ3n) is 3.83. The van der Waals surface area contributed by atoms with Crippen LogP contribution >= 0.6 is 11.3 Å². The van der Waals surface area contributed by atoms with Gasteiger partial charge in [0.05, 0.1) is 12.8 Å². The predicted molar refractivity (Wildman–Crippen MR) is 90.7 cm³/mol. The zero-order valence-corrected chi connectivity index (χ0v) is 14.9. The monoisotopic (exact) mass is 383 g/mol. The van der Waals surface area contributed by atoms with E-state index in [-0.39, 0.29) is 31.3 Å². The van der Waals surface area contributed by atoms with Crippen molar-refractivity contribution in [2.45, 2.75) is 4.21 Å². The van der Waals surface area contributed by atoms with E-state index >= 15 is 0 Å². The molecule has 2 aromatic heterocycles. The van der Waals surface area contributed by atoms with Crippen LogP contribution in [0, 0.1) is 0 Å². The van der Waals surface area contributed by atoms with E-state index in [9.17, 15) is 18.0 Å². The molecule has 1 saturated heterocycles. The maximum atomic E-state index is 12.4. The first-order chi connectivity index (χ1) is 12.0. The average molecular weight is 383 g/mol. The molecule has 0 aromatic carbocycles. The van der Waals surface area contributed by atoms with E-state index in [1.165, 1.54) is 28.0 Å². The number of sulfonamides is 1. The summed E-state index contributed by atoms with van der Waals surface area (Å²) < 4.78 is 31.5. The number of hydrogen-bond donors (Lipinski definition) is 1. The molecule has 10 heteroatoms. The number of amides is 2. The fourth-order valence-corrected chi connectivity index (χ4v) is 5.04. The highest BCUT2D eigenvalue weighted by Crippen LogP contribution is 2.21. The van der Waals surface area contributed by atoms with Gasteiger partial charge >= 0.3 is 0 Å². The van der Waals surface area contributed by atoms with Crippen molar-refractivity contribution >= 4 is 33.2 Å². The highest BCUT2D eigenvalue weighted by Gasteiger charge is 2.30. The number of carbonyl (C=O) groups is 2. The molecule has 1 aliphatic rings. The van der Waals surface area contributed by atoms with Crippen molar-refractivity contribution in [2.75, 3.05) is 32.7 Å². The molecule has 0 aliphatic carbocycles. The first kappa shape index (κ1) is 17.6. The number of carbonyl (C=O) groups excluding carboxylic acids is 2. The lowest BCUT2D eigenvalue weighted by atomic mass is 10.3. The minimum absolute atomic E-state index is 0.139. The summed E-state index contributed by atoms with van der Waals surface area (Å²) in [6.07, 6.45) is 1.38. The molecule has 0 unspecified atom stereocenters. The highest BCUT2D eigenvalue weighted by atomic mass is 32.2. The highest BCUT2D eigenvalue weighted by molar-refractivity contribution is 7.91. The van der Waals surface area contributed by atoms with E-state index in [0.717, 1.165) is 0 Å². The minimum atomic E-state index is -3.49. The second-order valence-electron chi connectivity index (χ2n) is 5.38. The molecule has 0 atom stereocenters. The second kappa shape index (κ2) is 7.38. The van der Waals surface area contributed by atoms with Gasteiger partial charge in [0, 0.05) is 26.2 Å². The number of piperazine rings is 1. The first-order valence-electron chi connectivity index (χ1n) is 7.61. The molecule has 2 aromatic rings. The molecule has 3 heterocycles. The molecule has 8 nitrogen and oxygen atoms in total. The van der Waals surface area contributed by atoms with Crippen molar-refractivity contribution in [3.63, 3.8) is 0 Å². The zero-order chi connectivity index (χ0) is 17.9. The largest absolute Gasteiger partial charge is 0.459 e. The lowest BCUT2D eigenvalue weighted by molar-refractivity contribution is -0.131. The first-order valence-corrected chi connectivity index (χ1v) is 9.93. The molecule has 3 rings (SSSR count). The SMILES string of the molecule is O=C(NCC(=O)N1CCN(S(=O)(=O)c2cccs2)CC1)c1ccco1. The van der Waals surface area contributed by atoms with E-state index in [0.29, 0.717) is 17.3 Å². The van der Waals surface area contributed by atoms with Gasteiger partial charge in [-0.1, -0.05) is 6.07 Å². The van der Waals surface area contributed by atoms with E-state index in [1.54, 1.807) is 28.5 Å². The van der Waals surface area contributed by atoms with Gasteiger partial charge in [0.15, 0.2) is 5.76 Å². The van der Waals surface area contributed by atoms with Crippen molar-refractivity contribution in [1.82, 2.24) is 14.5 Å². The van der Waals surface area contributed by atoms with Crippen molar-refractivity contribution in [3.8, 4) is 0 Å². The van der Waals surface area contributed by atoms with Crippen molar-refractivity contribution < 1.29 is 22.4 Å². The summed E-state index contributed by atoms with van der Waals surface area (Å²) in [6.45, 7) is 0.896. The van der Waals surface area contributed by atoms with Crippen LogP contribution in [0.25, 0.3) is 0 Å². The Morgan fingerprint density at radius 2 is 1.92 bits per heavy atom. The molecular formula is C15H17N3O5S2. The standard InChI is InChI=1S/C15H17N3O5S2/c19-13(11-16-15(20)12-3-1-9-23-12)17-5-7-18(8-6-17)25(21,22)14-4-2-10-24-14/h1-4,9-10H,5-8,11H2,(H,16,20). The quantitative estimate of drug-likeness (QED) is 0.815. The summed E-state index contributed by atoms with van der Waals surface area (Å²) in [5.41, 5.74) is 0. The van der Waals surface area contributed by atoms with Crippen LogP contribution in [0.4, 0.5) is 0 Å². The van der Waals surface area contributed by atoms with Gasteiger partial charge in [-0.15, -0.1) is 11.3 Å². The van der Waals surface area contributed by atoms with E-state index in [1.807, 2.05) is 0 Å². The van der Waals surface area contributed by atoms with Gasteiger partial charge < -0.3 is 14.6 Å². The minimum Gasteiger partial charge on any atom is -0.459 e. The Morgan fingerprint density at radius 1 is 1.16 bits per heavy atom. The Labute approximate surface area is 149 Å². The van der Waals surface area contributed by atoms with Crippen LogP contribution in [0.15, 0.2) is 44.5 Å². The van der Waals surface area contributed by atoms with Gasteiger partial charge in [-0.25, -0.2) is 8.42 Å². The third-order valence-corrected chi connectivity index (χ3v) is 7.10. The second-order valence-corrected chi connectivity index (χ2v) is 8.49. The van der Waals surface area contributed by atoms with Crippen LogP contribution in [0.2, 0.25) is 0 Å². The molecule has 1 fully saturated rings. The van der Waals surface area contributed by atoms with Crippen LogP contribution in [0.5, 0.6) is 0 Å². The Bertz CT molecular complexity index is 823. The van der Waals surface area contributed by atoms with Crippen LogP contribution in [-0.4, -0.2) is 62.2 Å². The van der Waals surface area contributed by atoms with Crippen LogP contribution in [-0.2, 0) is 14.8 Å². The predicted octanol–water partition coefficient (Wildman–Crippen LogP) is 0.604. The summed E-state index contributed by atoms with van der Waals surface area (Å²) in [6, 6.07) is 6.36. The lowest BCUT2D eigenvalue weighted by Gasteiger charge is -2.33. The topological polar surface area (TPSA) is 99.9 Å². The maximum Gasteiger partial charge on any atom is 0.287 e. The normalized spacial score (nSPS) is 15.9. The number of rotatable bonds is 5. The molecular weight excluding hydrogens is 366 g/mol. The number of nitrogens with one attached hydrogen (secondary N) is 1. The van der Waals surface area contributed by atoms with Gasteiger partial charge in [0.1, 0.15) is 4.21 Å². The number of furan rings is 1. The van der Waals surface area contributed by atoms with Gasteiger partial charge in [0.25, 0.3) is 15.9 Å². The van der Waals surface area contributed by atoms with Gasteiger partial charge in [0.2, 0.25) is 5.91 Å². The fourth-order valence-electron chi connectivity index (χ4n) is 2.48. The number of thiophene rings is 1. The van der Waals surface area contributed by atoms with Crippen molar-refractivity contribution in [2.24, 2.45) is 0 Å². The summed E-state index contributed by atoms with van der Waals surface area (Å²) >= 11 is 1.17. The van der Waals surface area contributed by atoms with Gasteiger partial charge in [-0.2, -0.15) is 4.31 Å². The smallest absolute Gasteiger partial charge is 0.287 e. The lowest BCUT2D eigenvalue weighted by Crippen LogP contribution is -2.52. The van der Waals surface area contributed by atoms with Crippen LogP contribution in [0.1, 0.15) is 10.6 Å². The Kier molecular flexibility index (Phi) is 5.21. The third kappa shape index (κ3) is 3.91. The Morgan fingerprint density at radius 3 is 2.52 bits per heavy atom. The fraction of sp³-hybridized carbons (Fsp3) is 0.333. The Hall–Kier alpha value is -2.17.